The van der Waals surface area contributed by atoms with Crippen LogP contribution in [-0.2, 0) is 9.53 Å². The van der Waals surface area contributed by atoms with Crippen LogP contribution < -0.4 is 5.32 Å². The first-order chi connectivity index (χ1) is 8.74. The monoisotopic (exact) mass is 265 g/mol. The van der Waals surface area contributed by atoms with E-state index in [0.29, 0.717) is 11.6 Å². The lowest BCUT2D eigenvalue weighted by Gasteiger charge is -2.08. The zero-order valence-corrected chi connectivity index (χ0v) is 10.8. The molecule has 3 nitrogen and oxygen atoms in total. The molecule has 1 N–H and O–H groups in total. The number of hydrogen-bond donors (Lipinski definition) is 1. The molecule has 1 unspecified atom stereocenters. The maximum Gasteiger partial charge on any atom is 0.244 e. The van der Waals surface area contributed by atoms with Crippen LogP contribution in [0.4, 0.5) is 0 Å². The Bertz CT molecular complexity index is 439. The van der Waals surface area contributed by atoms with Crippen molar-refractivity contribution in [2.24, 2.45) is 0 Å². The summed E-state index contributed by atoms with van der Waals surface area (Å²) in [5.74, 6) is -0.106. The lowest BCUT2D eigenvalue weighted by Crippen LogP contribution is -2.30. The normalized spacial score (nSPS) is 19.3. The van der Waals surface area contributed by atoms with Crippen LogP contribution in [0.1, 0.15) is 18.4 Å². The van der Waals surface area contributed by atoms with Crippen molar-refractivity contribution in [1.29, 1.82) is 0 Å². The number of nitrogens with one attached hydrogen (secondary N) is 1. The number of carbonyl (C=O) groups is 1. The van der Waals surface area contributed by atoms with E-state index < -0.39 is 0 Å². The first kappa shape index (κ1) is 13.1. The molecule has 0 aliphatic carbocycles. The summed E-state index contributed by atoms with van der Waals surface area (Å²) in [6.07, 6.45) is 5.54. The van der Waals surface area contributed by atoms with Crippen LogP contribution >= 0.6 is 11.6 Å². The van der Waals surface area contributed by atoms with E-state index in [2.05, 4.69) is 5.32 Å². The molecule has 1 aliphatic heterocycles. The van der Waals surface area contributed by atoms with Crippen molar-refractivity contribution >= 4 is 23.6 Å². The summed E-state index contributed by atoms with van der Waals surface area (Å²) in [5, 5.41) is 3.49. The van der Waals surface area contributed by atoms with Crippen LogP contribution in [0.2, 0.25) is 5.02 Å². The molecule has 1 fully saturated rings. The molecule has 0 aromatic heterocycles. The van der Waals surface area contributed by atoms with Gasteiger partial charge in [-0.1, -0.05) is 23.7 Å². The minimum Gasteiger partial charge on any atom is -0.376 e. The average molecular weight is 266 g/mol. The average Bonchev–Trinajstić information content (AvgIpc) is 2.87. The van der Waals surface area contributed by atoms with Crippen LogP contribution in [0.3, 0.4) is 0 Å². The third-order valence-electron chi connectivity index (χ3n) is 2.80. The van der Waals surface area contributed by atoms with E-state index in [4.69, 9.17) is 16.3 Å². The molecule has 96 valence electrons. The molecule has 1 aliphatic rings. The Balaban J connectivity index is 1.79. The van der Waals surface area contributed by atoms with Gasteiger partial charge in [-0.3, -0.25) is 4.79 Å². The van der Waals surface area contributed by atoms with Gasteiger partial charge in [0.05, 0.1) is 6.10 Å². The fourth-order valence-corrected chi connectivity index (χ4v) is 2.06. The molecule has 0 bridgehead atoms. The van der Waals surface area contributed by atoms with Gasteiger partial charge in [0, 0.05) is 24.3 Å². The molecule has 1 amide bonds. The van der Waals surface area contributed by atoms with Crippen LogP contribution in [0.15, 0.2) is 30.3 Å². The third kappa shape index (κ3) is 4.17. The van der Waals surface area contributed by atoms with Crippen LogP contribution in [0, 0.1) is 0 Å². The summed E-state index contributed by atoms with van der Waals surface area (Å²) >= 11 is 5.86. The summed E-state index contributed by atoms with van der Waals surface area (Å²) in [5.41, 5.74) is 0.912. The lowest BCUT2D eigenvalue weighted by molar-refractivity contribution is -0.116. The summed E-state index contributed by atoms with van der Waals surface area (Å²) < 4.78 is 5.43. The summed E-state index contributed by atoms with van der Waals surface area (Å²) in [4.78, 5) is 11.6. The molecule has 0 spiro atoms. The van der Waals surface area contributed by atoms with Crippen molar-refractivity contribution in [3.63, 3.8) is 0 Å². The maximum atomic E-state index is 11.6. The van der Waals surface area contributed by atoms with Gasteiger partial charge in [0.1, 0.15) is 0 Å². The van der Waals surface area contributed by atoms with Crippen LogP contribution in [0.25, 0.3) is 6.08 Å². The Morgan fingerprint density at radius 3 is 3.17 bits per heavy atom. The van der Waals surface area contributed by atoms with E-state index in [1.54, 1.807) is 12.1 Å². The second kappa shape index (κ2) is 6.57. The molecule has 4 heteroatoms. The van der Waals surface area contributed by atoms with Gasteiger partial charge < -0.3 is 10.1 Å². The number of benzene rings is 1. The second-order valence-corrected chi connectivity index (χ2v) is 4.70. The van der Waals surface area contributed by atoms with Crippen molar-refractivity contribution in [2.45, 2.75) is 18.9 Å². The molecule has 18 heavy (non-hydrogen) atoms. The molecule has 0 saturated carbocycles. The van der Waals surface area contributed by atoms with E-state index in [-0.39, 0.29) is 12.0 Å². The van der Waals surface area contributed by atoms with Crippen molar-refractivity contribution in [1.82, 2.24) is 5.32 Å². The van der Waals surface area contributed by atoms with E-state index in [1.165, 1.54) is 6.08 Å². The molecule has 1 saturated heterocycles. The Labute approximate surface area is 112 Å². The molecule has 1 heterocycles. The smallest absolute Gasteiger partial charge is 0.244 e. The van der Waals surface area contributed by atoms with Gasteiger partial charge in [0.2, 0.25) is 5.91 Å². The molecule has 1 atom stereocenters. The molecular formula is C14H16ClNO2. The minimum atomic E-state index is -0.106. The van der Waals surface area contributed by atoms with Crippen LogP contribution in [-0.4, -0.2) is 25.2 Å². The topological polar surface area (TPSA) is 38.3 Å². The molecular weight excluding hydrogens is 250 g/mol. The highest BCUT2D eigenvalue weighted by Crippen LogP contribution is 2.12. The fraction of sp³-hybridized carbons (Fsp3) is 0.357. The van der Waals surface area contributed by atoms with Gasteiger partial charge in [-0.05, 0) is 36.6 Å². The number of hydrogen-bond acceptors (Lipinski definition) is 2. The fourth-order valence-electron chi connectivity index (χ4n) is 1.86. The van der Waals surface area contributed by atoms with Crippen LogP contribution in [0.5, 0.6) is 0 Å². The van der Waals surface area contributed by atoms with Crippen molar-refractivity contribution in [3.8, 4) is 0 Å². The lowest BCUT2D eigenvalue weighted by atomic mass is 10.2. The molecule has 2 rings (SSSR count). The number of amides is 1. The van der Waals surface area contributed by atoms with Crippen molar-refractivity contribution in [2.75, 3.05) is 13.2 Å². The Hall–Kier alpha value is -1.32. The third-order valence-corrected chi connectivity index (χ3v) is 3.04. The van der Waals surface area contributed by atoms with Crippen molar-refractivity contribution < 1.29 is 9.53 Å². The number of ether oxygens (including phenoxy) is 1. The van der Waals surface area contributed by atoms with Gasteiger partial charge in [-0.15, -0.1) is 0 Å². The predicted molar refractivity (Wildman–Crippen MR) is 72.5 cm³/mol. The molecule has 1 aromatic carbocycles. The van der Waals surface area contributed by atoms with Gasteiger partial charge in [-0.25, -0.2) is 0 Å². The van der Waals surface area contributed by atoms with Crippen molar-refractivity contribution in [3.05, 3.63) is 40.9 Å². The van der Waals surface area contributed by atoms with E-state index in [1.807, 2.05) is 18.2 Å². The van der Waals surface area contributed by atoms with Gasteiger partial charge >= 0.3 is 0 Å². The standard InChI is InChI=1S/C14H16ClNO2/c15-12-4-1-3-11(9-12)6-7-14(17)16-10-13-5-2-8-18-13/h1,3-4,6-7,9,13H,2,5,8,10H2,(H,16,17)/b7-6+. The summed E-state index contributed by atoms with van der Waals surface area (Å²) in [6, 6.07) is 7.36. The quantitative estimate of drug-likeness (QED) is 0.850. The first-order valence-corrected chi connectivity index (χ1v) is 6.45. The second-order valence-electron chi connectivity index (χ2n) is 4.27. The first-order valence-electron chi connectivity index (χ1n) is 6.07. The highest BCUT2D eigenvalue weighted by Gasteiger charge is 2.15. The Morgan fingerprint density at radius 1 is 1.56 bits per heavy atom. The maximum absolute atomic E-state index is 11.6. The Morgan fingerprint density at radius 2 is 2.44 bits per heavy atom. The molecule has 0 radical (unpaired) electrons. The van der Waals surface area contributed by atoms with Gasteiger partial charge in [0.15, 0.2) is 0 Å². The van der Waals surface area contributed by atoms with E-state index in [0.717, 1.165) is 25.0 Å². The van der Waals surface area contributed by atoms with Gasteiger partial charge in [-0.2, -0.15) is 0 Å². The zero-order chi connectivity index (χ0) is 12.8. The predicted octanol–water partition coefficient (Wildman–Crippen LogP) is 2.65. The van der Waals surface area contributed by atoms with Gasteiger partial charge in [0.25, 0.3) is 0 Å². The number of carbonyl (C=O) groups excluding carboxylic acids is 1. The summed E-state index contributed by atoms with van der Waals surface area (Å²) in [7, 11) is 0. The number of halogens is 1. The summed E-state index contributed by atoms with van der Waals surface area (Å²) in [6.45, 7) is 1.39. The number of rotatable bonds is 4. The minimum absolute atomic E-state index is 0.106. The highest BCUT2D eigenvalue weighted by molar-refractivity contribution is 6.30. The SMILES string of the molecule is O=C(/C=C/c1cccc(Cl)c1)NCC1CCCO1. The highest BCUT2D eigenvalue weighted by atomic mass is 35.5. The van der Waals surface area contributed by atoms with E-state index >= 15 is 0 Å². The Kier molecular flexibility index (Phi) is 4.79. The zero-order valence-electron chi connectivity index (χ0n) is 10.1. The van der Waals surface area contributed by atoms with E-state index in [9.17, 15) is 4.79 Å². The molecule has 1 aromatic rings. The largest absolute Gasteiger partial charge is 0.376 e.